The van der Waals surface area contributed by atoms with Gasteiger partial charge in [0.05, 0.1) is 44.3 Å². The Morgan fingerprint density at radius 3 is 1.31 bits per heavy atom. The normalized spacial score (nSPS) is 11.9. The van der Waals surface area contributed by atoms with Crippen LogP contribution in [0.15, 0.2) is 212 Å². The molecule has 4 heterocycles. The number of nitrogens with zero attached hydrogens (tertiary/aromatic N) is 5. The van der Waals surface area contributed by atoms with Crippen LogP contribution in [0.1, 0.15) is 0 Å². The predicted molar refractivity (Wildman–Crippen MR) is 253 cm³/mol. The summed E-state index contributed by atoms with van der Waals surface area (Å²) < 4.78 is 7.04. The molecule has 5 nitrogen and oxygen atoms in total. The number of rotatable bonds is 5. The summed E-state index contributed by atoms with van der Waals surface area (Å²) in [7, 11) is 0. The number of para-hydroxylation sites is 5. The van der Waals surface area contributed by atoms with Gasteiger partial charge in [-0.2, -0.15) is 0 Å². The molecule has 0 spiro atoms. The smallest absolute Gasteiger partial charge is 0.235 e. The molecule has 0 aliphatic rings. The van der Waals surface area contributed by atoms with E-state index in [1.54, 1.807) is 0 Å². The number of benzene rings is 9. The van der Waals surface area contributed by atoms with E-state index in [-0.39, 0.29) is 0 Å². The van der Waals surface area contributed by atoms with Gasteiger partial charge in [0.2, 0.25) is 5.95 Å². The second-order valence-electron chi connectivity index (χ2n) is 15.8. The van der Waals surface area contributed by atoms with Crippen LogP contribution in [0.5, 0.6) is 0 Å². The van der Waals surface area contributed by atoms with Gasteiger partial charge in [0.1, 0.15) is 0 Å². The van der Waals surface area contributed by atoms with Crippen LogP contribution >= 0.6 is 0 Å². The van der Waals surface area contributed by atoms with Gasteiger partial charge in [-0.05, 0) is 90.0 Å². The zero-order valence-corrected chi connectivity index (χ0v) is 32.9. The van der Waals surface area contributed by atoms with Crippen LogP contribution in [-0.2, 0) is 0 Å². The lowest BCUT2D eigenvalue weighted by Crippen LogP contribution is -2.03. The van der Waals surface area contributed by atoms with E-state index in [0.29, 0.717) is 5.95 Å². The molecule has 13 aromatic rings. The standard InChI is InChI=1S/C56H35N5/c1-4-16-36(17-5-1)55-43-24-10-13-25-48(43)57-56(58-55)61-52-31-29-38(37-28-30-51-44(32-37)41-22-11-14-26-49(41)59(51)39-18-6-2-7-19-39)33-45(52)47-35-53-46(34-54(47)61)42-23-12-15-27-50(42)60(53)40-20-8-3-9-21-40/h1-35H. The van der Waals surface area contributed by atoms with Gasteiger partial charge in [0, 0.05) is 54.6 Å². The lowest BCUT2D eigenvalue weighted by atomic mass is 10.0. The molecular weight excluding hydrogens is 743 g/mol. The molecular formula is C56H35N5. The van der Waals surface area contributed by atoms with Gasteiger partial charge in [-0.1, -0.05) is 133 Å². The summed E-state index contributed by atoms with van der Waals surface area (Å²) >= 11 is 0. The number of aromatic nitrogens is 5. The Hall–Kier alpha value is -8.28. The van der Waals surface area contributed by atoms with Gasteiger partial charge >= 0.3 is 0 Å². The average molecular weight is 778 g/mol. The van der Waals surface area contributed by atoms with Crippen molar-refractivity contribution in [2.75, 3.05) is 0 Å². The first kappa shape index (κ1) is 33.7. The van der Waals surface area contributed by atoms with Crippen molar-refractivity contribution in [3.63, 3.8) is 0 Å². The molecule has 0 fully saturated rings. The highest BCUT2D eigenvalue weighted by Crippen LogP contribution is 2.42. The zero-order chi connectivity index (χ0) is 40.0. The van der Waals surface area contributed by atoms with E-state index in [0.717, 1.165) is 66.4 Å². The lowest BCUT2D eigenvalue weighted by Gasteiger charge is -2.12. The summed E-state index contributed by atoms with van der Waals surface area (Å²) in [5.74, 6) is 0.645. The molecule has 0 amide bonds. The van der Waals surface area contributed by atoms with Crippen molar-refractivity contribution in [1.29, 1.82) is 0 Å². The zero-order valence-electron chi connectivity index (χ0n) is 32.9. The van der Waals surface area contributed by atoms with Crippen molar-refractivity contribution in [2.45, 2.75) is 0 Å². The number of hydrogen-bond acceptors (Lipinski definition) is 2. The van der Waals surface area contributed by atoms with Crippen LogP contribution in [0.4, 0.5) is 0 Å². The molecule has 0 saturated carbocycles. The molecule has 0 aliphatic carbocycles. The second kappa shape index (κ2) is 13.1. The van der Waals surface area contributed by atoms with Crippen molar-refractivity contribution in [1.82, 2.24) is 23.7 Å². The van der Waals surface area contributed by atoms with E-state index in [9.17, 15) is 0 Å². The van der Waals surface area contributed by atoms with Crippen LogP contribution in [0.3, 0.4) is 0 Å². The molecule has 0 bridgehead atoms. The van der Waals surface area contributed by atoms with Gasteiger partial charge in [-0.25, -0.2) is 9.97 Å². The predicted octanol–water partition coefficient (Wildman–Crippen LogP) is 14.3. The van der Waals surface area contributed by atoms with E-state index < -0.39 is 0 Å². The van der Waals surface area contributed by atoms with Crippen LogP contribution < -0.4 is 0 Å². The Morgan fingerprint density at radius 2 is 0.689 bits per heavy atom. The molecule has 5 heteroatoms. The topological polar surface area (TPSA) is 40.6 Å². The SMILES string of the molecule is c1ccc(-c2nc(-n3c4ccc(-c5ccc6c(c5)c5ccccc5n6-c5ccccc5)cc4c4cc5c(cc43)c3ccccc3n5-c3ccccc3)nc3ccccc23)cc1. The van der Waals surface area contributed by atoms with E-state index in [1.165, 1.54) is 43.7 Å². The molecule has 0 aliphatic heterocycles. The van der Waals surface area contributed by atoms with Crippen molar-refractivity contribution in [3.05, 3.63) is 212 Å². The Balaban J connectivity index is 1.11. The van der Waals surface area contributed by atoms with E-state index in [4.69, 9.17) is 9.97 Å². The highest BCUT2D eigenvalue weighted by molar-refractivity contribution is 6.19. The first-order valence-corrected chi connectivity index (χ1v) is 20.8. The van der Waals surface area contributed by atoms with Gasteiger partial charge in [0.25, 0.3) is 0 Å². The van der Waals surface area contributed by atoms with Crippen molar-refractivity contribution in [3.8, 4) is 39.7 Å². The molecule has 0 radical (unpaired) electrons. The summed E-state index contributed by atoms with van der Waals surface area (Å²) in [6, 6.07) is 76.1. The Labute approximate surface area is 350 Å². The van der Waals surface area contributed by atoms with Crippen LogP contribution in [-0.4, -0.2) is 23.7 Å². The van der Waals surface area contributed by atoms with Crippen molar-refractivity contribution < 1.29 is 0 Å². The van der Waals surface area contributed by atoms with E-state index in [1.807, 2.05) is 0 Å². The largest absolute Gasteiger partial charge is 0.309 e. The lowest BCUT2D eigenvalue weighted by molar-refractivity contribution is 1.01. The van der Waals surface area contributed by atoms with Gasteiger partial charge in [-0.3, -0.25) is 4.57 Å². The van der Waals surface area contributed by atoms with E-state index >= 15 is 0 Å². The minimum Gasteiger partial charge on any atom is -0.309 e. The summed E-state index contributed by atoms with van der Waals surface area (Å²) in [6.45, 7) is 0. The summed E-state index contributed by atoms with van der Waals surface area (Å²) in [5, 5.41) is 8.16. The van der Waals surface area contributed by atoms with Gasteiger partial charge in [0.15, 0.2) is 0 Å². The maximum Gasteiger partial charge on any atom is 0.235 e. The summed E-state index contributed by atoms with van der Waals surface area (Å²) in [5.41, 5.74) is 14.3. The fourth-order valence-corrected chi connectivity index (χ4v) is 9.72. The minimum absolute atomic E-state index is 0.645. The molecule has 0 saturated heterocycles. The Bertz CT molecular complexity index is 3860. The summed E-state index contributed by atoms with van der Waals surface area (Å²) in [6.07, 6.45) is 0. The highest BCUT2D eigenvalue weighted by Gasteiger charge is 2.22. The first-order valence-electron chi connectivity index (χ1n) is 20.8. The maximum atomic E-state index is 5.42. The molecule has 284 valence electrons. The third-order valence-corrected chi connectivity index (χ3v) is 12.4. The third-order valence-electron chi connectivity index (χ3n) is 12.4. The molecule has 4 aromatic heterocycles. The summed E-state index contributed by atoms with van der Waals surface area (Å²) in [4.78, 5) is 10.7. The average Bonchev–Trinajstić information content (AvgIpc) is 3.96. The highest BCUT2D eigenvalue weighted by atomic mass is 15.2. The van der Waals surface area contributed by atoms with E-state index in [2.05, 4.69) is 226 Å². The number of hydrogen-bond donors (Lipinski definition) is 0. The van der Waals surface area contributed by atoms with Crippen LogP contribution in [0.2, 0.25) is 0 Å². The molecule has 9 aromatic carbocycles. The molecule has 13 rings (SSSR count). The Morgan fingerprint density at radius 1 is 0.262 bits per heavy atom. The van der Waals surface area contributed by atoms with Crippen LogP contribution in [0, 0.1) is 0 Å². The molecule has 0 unspecified atom stereocenters. The second-order valence-corrected chi connectivity index (χ2v) is 15.8. The maximum absolute atomic E-state index is 5.42. The third kappa shape index (κ3) is 5.08. The monoisotopic (exact) mass is 777 g/mol. The first-order chi connectivity index (χ1) is 30.3. The molecule has 0 atom stereocenters. The van der Waals surface area contributed by atoms with Gasteiger partial charge < -0.3 is 9.13 Å². The molecule has 0 N–H and O–H groups in total. The fraction of sp³-hybridized carbons (Fsp3) is 0. The molecule has 61 heavy (non-hydrogen) atoms. The van der Waals surface area contributed by atoms with Gasteiger partial charge in [-0.15, -0.1) is 0 Å². The quantitative estimate of drug-likeness (QED) is 0.175. The minimum atomic E-state index is 0.645. The van der Waals surface area contributed by atoms with Crippen molar-refractivity contribution in [2.24, 2.45) is 0 Å². The number of fused-ring (bicyclic) bond motifs is 10. The van der Waals surface area contributed by atoms with Crippen LogP contribution in [0.25, 0.3) is 116 Å². The Kier molecular flexibility index (Phi) is 7.24. The fourth-order valence-electron chi connectivity index (χ4n) is 9.72. The van der Waals surface area contributed by atoms with Crippen molar-refractivity contribution >= 4 is 76.3 Å².